The summed E-state index contributed by atoms with van der Waals surface area (Å²) >= 11 is 0. The molecular formula is C30H35N5O4. The van der Waals surface area contributed by atoms with Gasteiger partial charge >= 0.3 is 5.69 Å². The molecule has 1 saturated heterocycles. The van der Waals surface area contributed by atoms with Crippen molar-refractivity contribution in [2.45, 2.75) is 39.8 Å². The molecule has 0 bridgehead atoms. The fraction of sp³-hybridized carbons (Fsp3) is 0.367. The van der Waals surface area contributed by atoms with E-state index in [1.807, 2.05) is 65.9 Å². The summed E-state index contributed by atoms with van der Waals surface area (Å²) in [6, 6.07) is 19.4. The zero-order chi connectivity index (χ0) is 27.4. The first-order chi connectivity index (χ1) is 19.0. The van der Waals surface area contributed by atoms with Crippen molar-refractivity contribution in [2.75, 3.05) is 37.7 Å². The van der Waals surface area contributed by atoms with Crippen LogP contribution in [0.15, 0.2) is 76.4 Å². The number of anilines is 1. The van der Waals surface area contributed by atoms with Gasteiger partial charge in [-0.05, 0) is 55.3 Å². The molecule has 0 atom stereocenters. The summed E-state index contributed by atoms with van der Waals surface area (Å²) in [5, 5.41) is 0. The Balaban J connectivity index is 1.27. The SMILES string of the molecule is CCCn1c(=O)c2c(ccn2-c2ccc(OCC(=O)N3CCN(c4ccccc4)CC3)cc2)n(CCC)c1=O. The van der Waals surface area contributed by atoms with Gasteiger partial charge in [-0.25, -0.2) is 4.79 Å². The van der Waals surface area contributed by atoms with E-state index in [9.17, 15) is 14.4 Å². The van der Waals surface area contributed by atoms with Crippen LogP contribution in [0.1, 0.15) is 26.7 Å². The van der Waals surface area contributed by atoms with Crippen LogP contribution in [-0.2, 0) is 17.9 Å². The number of rotatable bonds is 9. The van der Waals surface area contributed by atoms with Gasteiger partial charge in [-0.2, -0.15) is 0 Å². The van der Waals surface area contributed by atoms with Gasteiger partial charge in [0.2, 0.25) is 0 Å². The van der Waals surface area contributed by atoms with E-state index in [2.05, 4.69) is 17.0 Å². The number of benzene rings is 2. The summed E-state index contributed by atoms with van der Waals surface area (Å²) in [6.07, 6.45) is 3.31. The smallest absolute Gasteiger partial charge is 0.331 e. The first kappa shape index (κ1) is 26.3. The van der Waals surface area contributed by atoms with Gasteiger partial charge in [0.25, 0.3) is 11.5 Å². The van der Waals surface area contributed by atoms with Crippen molar-refractivity contribution in [3.8, 4) is 11.4 Å². The fourth-order valence-corrected chi connectivity index (χ4v) is 5.18. The molecule has 9 nitrogen and oxygen atoms in total. The Morgan fingerprint density at radius 3 is 2.13 bits per heavy atom. The lowest BCUT2D eigenvalue weighted by Crippen LogP contribution is -2.50. The second kappa shape index (κ2) is 11.6. The summed E-state index contributed by atoms with van der Waals surface area (Å²) in [7, 11) is 0. The van der Waals surface area contributed by atoms with Crippen LogP contribution in [0.4, 0.5) is 5.69 Å². The molecule has 2 aromatic carbocycles. The van der Waals surface area contributed by atoms with Crippen LogP contribution in [0.5, 0.6) is 5.75 Å². The highest BCUT2D eigenvalue weighted by atomic mass is 16.5. The third-order valence-corrected chi connectivity index (χ3v) is 7.19. The largest absolute Gasteiger partial charge is 0.484 e. The van der Waals surface area contributed by atoms with E-state index in [4.69, 9.17) is 4.74 Å². The highest BCUT2D eigenvalue weighted by Crippen LogP contribution is 2.21. The molecule has 0 spiro atoms. The molecule has 0 unspecified atom stereocenters. The molecule has 2 aromatic heterocycles. The lowest BCUT2D eigenvalue weighted by molar-refractivity contribution is -0.133. The highest BCUT2D eigenvalue weighted by molar-refractivity contribution is 5.79. The van der Waals surface area contributed by atoms with Crippen LogP contribution in [0.2, 0.25) is 0 Å². The van der Waals surface area contributed by atoms with Gasteiger partial charge in [0.05, 0.1) is 5.52 Å². The number of aromatic nitrogens is 3. The molecule has 0 radical (unpaired) electrons. The maximum absolute atomic E-state index is 13.3. The third kappa shape index (κ3) is 5.34. The Labute approximate surface area is 227 Å². The van der Waals surface area contributed by atoms with Crippen LogP contribution in [0.25, 0.3) is 16.7 Å². The number of para-hydroxylation sites is 1. The Bertz CT molecular complexity index is 1540. The molecule has 4 aromatic rings. The topological polar surface area (TPSA) is 81.7 Å². The number of amides is 1. The summed E-state index contributed by atoms with van der Waals surface area (Å²) in [5.74, 6) is 0.548. The molecule has 1 amide bonds. The summed E-state index contributed by atoms with van der Waals surface area (Å²) in [6.45, 7) is 7.78. The zero-order valence-electron chi connectivity index (χ0n) is 22.6. The van der Waals surface area contributed by atoms with Crippen LogP contribution in [0, 0.1) is 0 Å². The van der Waals surface area contributed by atoms with Gasteiger partial charge in [0.1, 0.15) is 11.3 Å². The monoisotopic (exact) mass is 529 g/mol. The Hall–Kier alpha value is -4.27. The average molecular weight is 530 g/mol. The van der Waals surface area contributed by atoms with Crippen molar-refractivity contribution in [3.63, 3.8) is 0 Å². The molecule has 204 valence electrons. The Kier molecular flexibility index (Phi) is 7.86. The van der Waals surface area contributed by atoms with E-state index in [-0.39, 0.29) is 23.8 Å². The molecule has 9 heteroatoms. The van der Waals surface area contributed by atoms with E-state index in [1.54, 1.807) is 16.7 Å². The number of nitrogens with zero attached hydrogens (tertiary/aromatic N) is 5. The minimum Gasteiger partial charge on any atom is -0.484 e. The predicted octanol–water partition coefficient (Wildman–Crippen LogP) is 3.50. The van der Waals surface area contributed by atoms with Crippen molar-refractivity contribution in [1.29, 1.82) is 0 Å². The van der Waals surface area contributed by atoms with E-state index >= 15 is 0 Å². The van der Waals surface area contributed by atoms with Gasteiger partial charge in [0.15, 0.2) is 6.61 Å². The molecular weight excluding hydrogens is 494 g/mol. The molecule has 0 N–H and O–H groups in total. The van der Waals surface area contributed by atoms with Crippen molar-refractivity contribution in [3.05, 3.63) is 87.7 Å². The first-order valence-corrected chi connectivity index (χ1v) is 13.7. The number of ether oxygens (including phenoxy) is 1. The average Bonchev–Trinajstić information content (AvgIpc) is 3.42. The summed E-state index contributed by atoms with van der Waals surface area (Å²) in [4.78, 5) is 43.2. The quantitative estimate of drug-likeness (QED) is 0.332. The van der Waals surface area contributed by atoms with Gasteiger partial charge in [-0.3, -0.25) is 18.7 Å². The second-order valence-electron chi connectivity index (χ2n) is 9.80. The van der Waals surface area contributed by atoms with Gasteiger partial charge in [-0.1, -0.05) is 32.0 Å². The maximum atomic E-state index is 13.3. The molecule has 1 aliphatic rings. The Morgan fingerprint density at radius 2 is 1.46 bits per heavy atom. The number of fused-ring (bicyclic) bond motifs is 1. The van der Waals surface area contributed by atoms with Gasteiger partial charge in [-0.15, -0.1) is 0 Å². The number of carbonyl (C=O) groups excluding carboxylic acids is 1. The number of carbonyl (C=O) groups is 1. The van der Waals surface area contributed by atoms with Gasteiger partial charge in [0, 0.05) is 56.8 Å². The summed E-state index contributed by atoms with van der Waals surface area (Å²) < 4.78 is 10.6. The zero-order valence-corrected chi connectivity index (χ0v) is 22.6. The predicted molar refractivity (Wildman–Crippen MR) is 153 cm³/mol. The molecule has 3 heterocycles. The normalized spacial score (nSPS) is 13.7. The van der Waals surface area contributed by atoms with Crippen molar-refractivity contribution in [2.24, 2.45) is 0 Å². The standard InChI is InChI=1S/C30H35N5O4/c1-3-15-34-26-14-17-33(28(26)29(37)35(16-4-2)30(34)38)24-10-12-25(13-11-24)39-22-27(36)32-20-18-31(19-21-32)23-8-6-5-7-9-23/h5-14,17H,3-4,15-16,18-22H2,1-2H3. The summed E-state index contributed by atoms with van der Waals surface area (Å²) in [5.41, 5.74) is 2.53. The van der Waals surface area contributed by atoms with Crippen molar-refractivity contribution >= 4 is 22.6 Å². The van der Waals surface area contributed by atoms with E-state index in [0.29, 0.717) is 49.4 Å². The number of hydrogen-bond donors (Lipinski definition) is 0. The minimum absolute atomic E-state index is 0.0256. The van der Waals surface area contributed by atoms with Crippen LogP contribution >= 0.6 is 0 Å². The van der Waals surface area contributed by atoms with E-state index < -0.39 is 0 Å². The number of hydrogen-bond acceptors (Lipinski definition) is 5. The van der Waals surface area contributed by atoms with Crippen LogP contribution in [0.3, 0.4) is 0 Å². The number of piperazine rings is 1. The minimum atomic E-state index is -0.285. The maximum Gasteiger partial charge on any atom is 0.331 e. The molecule has 0 aliphatic carbocycles. The van der Waals surface area contributed by atoms with Crippen molar-refractivity contribution in [1.82, 2.24) is 18.6 Å². The van der Waals surface area contributed by atoms with E-state index in [1.165, 1.54) is 10.3 Å². The van der Waals surface area contributed by atoms with Crippen LogP contribution in [-0.4, -0.2) is 57.3 Å². The molecule has 1 fully saturated rings. The van der Waals surface area contributed by atoms with E-state index in [0.717, 1.165) is 25.2 Å². The lowest BCUT2D eigenvalue weighted by atomic mass is 10.2. The lowest BCUT2D eigenvalue weighted by Gasteiger charge is -2.36. The van der Waals surface area contributed by atoms with Crippen molar-refractivity contribution < 1.29 is 9.53 Å². The fourth-order valence-electron chi connectivity index (χ4n) is 5.18. The molecule has 1 aliphatic heterocycles. The molecule has 39 heavy (non-hydrogen) atoms. The number of aryl methyl sites for hydroxylation is 1. The highest BCUT2D eigenvalue weighted by Gasteiger charge is 2.22. The van der Waals surface area contributed by atoms with Gasteiger partial charge < -0.3 is 19.1 Å². The third-order valence-electron chi connectivity index (χ3n) is 7.19. The first-order valence-electron chi connectivity index (χ1n) is 13.7. The van der Waals surface area contributed by atoms with Crippen LogP contribution < -0.4 is 20.9 Å². The molecule has 5 rings (SSSR count). The Morgan fingerprint density at radius 1 is 0.795 bits per heavy atom. The second-order valence-corrected chi connectivity index (χ2v) is 9.80. The molecule has 0 saturated carbocycles.